The molecule has 1 aliphatic carbocycles. The molecule has 0 amide bonds. The number of likely N-dealkylation sites (tertiary alicyclic amines) is 1. The molecule has 0 aromatic heterocycles. The number of nitrogens with zero attached hydrogens (tertiary/aromatic N) is 1. The highest BCUT2D eigenvalue weighted by Gasteiger charge is 2.28. The molecule has 1 heterocycles. The van der Waals surface area contributed by atoms with Gasteiger partial charge in [0.2, 0.25) is 0 Å². The molecule has 1 aliphatic heterocycles. The van der Waals surface area contributed by atoms with E-state index in [-0.39, 0.29) is 0 Å². The van der Waals surface area contributed by atoms with Gasteiger partial charge in [-0.15, -0.1) is 0 Å². The molecular formula is C25H31NS. The largest absolute Gasteiger partial charge is 0.368 e. The lowest BCUT2D eigenvalue weighted by molar-refractivity contribution is 0.276. The third-order valence-electron chi connectivity index (χ3n) is 6.13. The van der Waals surface area contributed by atoms with Gasteiger partial charge in [0.25, 0.3) is 0 Å². The van der Waals surface area contributed by atoms with Gasteiger partial charge in [-0.3, -0.25) is 0 Å². The van der Waals surface area contributed by atoms with Crippen molar-refractivity contribution in [2.24, 2.45) is 5.92 Å². The van der Waals surface area contributed by atoms with Gasteiger partial charge in [0.05, 0.1) is 6.04 Å². The molecule has 2 aromatic rings. The van der Waals surface area contributed by atoms with Gasteiger partial charge < -0.3 is 4.90 Å². The van der Waals surface area contributed by atoms with Crippen LogP contribution in [0.4, 0.5) is 0 Å². The van der Waals surface area contributed by atoms with Crippen molar-refractivity contribution in [2.75, 3.05) is 6.54 Å². The first-order valence-corrected chi connectivity index (χ1v) is 11.4. The Balaban J connectivity index is 1.45. The van der Waals surface area contributed by atoms with Crippen LogP contribution in [-0.2, 0) is 0 Å². The van der Waals surface area contributed by atoms with Crippen LogP contribution in [0, 0.1) is 5.92 Å². The van der Waals surface area contributed by atoms with E-state index in [0.29, 0.717) is 6.04 Å². The molecule has 0 unspecified atom stereocenters. The minimum absolute atomic E-state index is 0.511. The maximum Gasteiger partial charge on any atom is 0.0540 e. The first-order valence-electron chi connectivity index (χ1n) is 10.6. The highest BCUT2D eigenvalue weighted by atomic mass is 32.2. The summed E-state index contributed by atoms with van der Waals surface area (Å²) >= 11 is 1.86. The molecule has 2 aliphatic rings. The minimum atomic E-state index is 0.511. The predicted molar refractivity (Wildman–Crippen MR) is 116 cm³/mol. The Morgan fingerprint density at radius 3 is 2.48 bits per heavy atom. The zero-order chi connectivity index (χ0) is 18.5. The molecule has 1 saturated heterocycles. The molecular weight excluding hydrogens is 346 g/mol. The van der Waals surface area contributed by atoms with Crippen LogP contribution in [0.3, 0.4) is 0 Å². The van der Waals surface area contributed by atoms with Crippen molar-refractivity contribution in [3.05, 3.63) is 72.4 Å². The maximum atomic E-state index is 4.52. The number of hydrogen-bond acceptors (Lipinski definition) is 2. The average Bonchev–Trinajstić information content (AvgIpc) is 3.20. The van der Waals surface area contributed by atoms with E-state index in [1.807, 2.05) is 11.8 Å². The van der Waals surface area contributed by atoms with Gasteiger partial charge in [-0.05, 0) is 55.0 Å². The summed E-state index contributed by atoms with van der Waals surface area (Å²) in [5.74, 6) is 0.868. The van der Waals surface area contributed by atoms with Crippen LogP contribution in [0.2, 0.25) is 0 Å². The zero-order valence-electron chi connectivity index (χ0n) is 16.3. The Bertz CT molecular complexity index is 748. The van der Waals surface area contributed by atoms with Crippen molar-refractivity contribution < 1.29 is 0 Å². The predicted octanol–water partition coefficient (Wildman–Crippen LogP) is 7.46. The molecule has 0 bridgehead atoms. The van der Waals surface area contributed by atoms with E-state index in [4.69, 9.17) is 0 Å². The third-order valence-corrected chi connectivity index (χ3v) is 7.13. The lowest BCUT2D eigenvalue weighted by atomic mass is 9.86. The summed E-state index contributed by atoms with van der Waals surface area (Å²) in [6, 6.07) is 20.3. The Morgan fingerprint density at radius 2 is 1.67 bits per heavy atom. The van der Waals surface area contributed by atoms with Crippen LogP contribution in [0.5, 0.6) is 0 Å². The fraction of sp³-hybridized carbons (Fsp3) is 0.440. The second-order valence-electron chi connectivity index (χ2n) is 8.11. The first kappa shape index (κ1) is 18.7. The van der Waals surface area contributed by atoms with Crippen molar-refractivity contribution in [1.82, 2.24) is 4.90 Å². The summed E-state index contributed by atoms with van der Waals surface area (Å²) in [6.07, 6.45) is 10.8. The summed E-state index contributed by atoms with van der Waals surface area (Å²) in [6.45, 7) is 5.69. The van der Waals surface area contributed by atoms with E-state index in [0.717, 1.165) is 5.92 Å². The topological polar surface area (TPSA) is 3.24 Å². The number of allylic oxidation sites excluding steroid dienone is 1. The summed E-state index contributed by atoms with van der Waals surface area (Å²) in [4.78, 5) is 5.25. The van der Waals surface area contributed by atoms with Crippen LogP contribution in [0.25, 0.3) is 0 Å². The van der Waals surface area contributed by atoms with Gasteiger partial charge in [0.1, 0.15) is 0 Å². The average molecular weight is 378 g/mol. The molecule has 1 saturated carbocycles. The molecule has 0 radical (unpaired) electrons. The Labute approximate surface area is 168 Å². The molecule has 0 spiro atoms. The third kappa shape index (κ3) is 4.79. The van der Waals surface area contributed by atoms with Gasteiger partial charge in [-0.25, -0.2) is 0 Å². The van der Waals surface area contributed by atoms with E-state index in [2.05, 4.69) is 66.1 Å². The number of hydrogen-bond donors (Lipinski definition) is 0. The Kier molecular flexibility index (Phi) is 6.24. The van der Waals surface area contributed by atoms with Crippen LogP contribution in [-0.4, -0.2) is 11.4 Å². The fourth-order valence-corrected chi connectivity index (χ4v) is 5.65. The van der Waals surface area contributed by atoms with Gasteiger partial charge in [0, 0.05) is 22.0 Å². The standard InChI is InChI=1S/C25H31NS/c1-20(18-21-10-4-2-5-11-21)26-17-9-16-25(26)22-12-8-15-24(19-22)27-23-13-6-3-7-14-23/h3,6-8,12-15,19,21,25H,1-2,4-5,9-11,16-18H2/t25-/m0/s1. The highest BCUT2D eigenvalue weighted by Crippen LogP contribution is 2.39. The van der Waals surface area contributed by atoms with E-state index in [9.17, 15) is 0 Å². The van der Waals surface area contributed by atoms with Crippen LogP contribution >= 0.6 is 11.8 Å². The van der Waals surface area contributed by atoms with Crippen LogP contribution < -0.4 is 0 Å². The molecule has 0 N–H and O–H groups in total. The van der Waals surface area contributed by atoms with E-state index < -0.39 is 0 Å². The van der Waals surface area contributed by atoms with Crippen molar-refractivity contribution in [1.29, 1.82) is 0 Å². The maximum absolute atomic E-state index is 4.52. The van der Waals surface area contributed by atoms with Gasteiger partial charge >= 0.3 is 0 Å². The van der Waals surface area contributed by atoms with Crippen molar-refractivity contribution in [3.8, 4) is 0 Å². The fourth-order valence-electron chi connectivity index (χ4n) is 4.74. The second-order valence-corrected chi connectivity index (χ2v) is 9.26. The zero-order valence-corrected chi connectivity index (χ0v) is 17.1. The van der Waals surface area contributed by atoms with Gasteiger partial charge in [-0.2, -0.15) is 0 Å². The summed E-state index contributed by atoms with van der Waals surface area (Å²) in [5, 5.41) is 0. The summed E-state index contributed by atoms with van der Waals surface area (Å²) in [5.41, 5.74) is 2.84. The normalized spacial score (nSPS) is 20.7. The molecule has 27 heavy (non-hydrogen) atoms. The molecule has 1 nitrogen and oxygen atoms in total. The molecule has 142 valence electrons. The summed E-state index contributed by atoms with van der Waals surface area (Å²) in [7, 11) is 0. The first-order chi connectivity index (χ1) is 13.3. The van der Waals surface area contributed by atoms with Crippen LogP contribution in [0.15, 0.2) is 76.7 Å². The molecule has 2 aromatic carbocycles. The quantitative estimate of drug-likeness (QED) is 0.514. The minimum Gasteiger partial charge on any atom is -0.368 e. The van der Waals surface area contributed by atoms with Crippen LogP contribution in [0.1, 0.15) is 63.0 Å². The van der Waals surface area contributed by atoms with Crippen molar-refractivity contribution in [3.63, 3.8) is 0 Å². The lowest BCUT2D eigenvalue weighted by Gasteiger charge is -2.32. The highest BCUT2D eigenvalue weighted by molar-refractivity contribution is 7.99. The van der Waals surface area contributed by atoms with E-state index in [1.54, 1.807) is 0 Å². The van der Waals surface area contributed by atoms with Gasteiger partial charge in [0.15, 0.2) is 0 Å². The summed E-state index contributed by atoms with van der Waals surface area (Å²) < 4.78 is 0. The van der Waals surface area contributed by atoms with E-state index >= 15 is 0 Å². The van der Waals surface area contributed by atoms with E-state index in [1.165, 1.54) is 79.0 Å². The molecule has 1 atom stereocenters. The van der Waals surface area contributed by atoms with Crippen molar-refractivity contribution >= 4 is 11.8 Å². The molecule has 2 heteroatoms. The molecule has 2 fully saturated rings. The Morgan fingerprint density at radius 1 is 0.889 bits per heavy atom. The number of benzene rings is 2. The monoisotopic (exact) mass is 377 g/mol. The Hall–Kier alpha value is -1.67. The van der Waals surface area contributed by atoms with Crippen molar-refractivity contribution in [2.45, 2.75) is 67.2 Å². The smallest absolute Gasteiger partial charge is 0.0540 e. The SMILES string of the molecule is C=C(CC1CCCCC1)N1CCC[C@H]1c1cccc(Sc2ccccc2)c1. The molecule has 4 rings (SSSR count). The van der Waals surface area contributed by atoms with Gasteiger partial charge in [-0.1, -0.05) is 80.8 Å². The number of rotatable bonds is 6. The lowest BCUT2D eigenvalue weighted by Crippen LogP contribution is -2.24. The second kappa shape index (κ2) is 9.01.